The van der Waals surface area contributed by atoms with Crippen molar-refractivity contribution in [3.05, 3.63) is 0 Å². The molecule has 0 amide bonds. The summed E-state index contributed by atoms with van der Waals surface area (Å²) in [6.07, 6.45) is -21.3. The fourth-order valence-electron chi connectivity index (χ4n) is 4.02. The van der Waals surface area contributed by atoms with Crippen LogP contribution in [0.5, 0.6) is 0 Å². The first-order valence-corrected chi connectivity index (χ1v) is 10.5. The summed E-state index contributed by atoms with van der Waals surface area (Å²) in [5.74, 6) is 0. The van der Waals surface area contributed by atoms with Crippen LogP contribution in [0.4, 0.5) is 0 Å². The summed E-state index contributed by atoms with van der Waals surface area (Å²) >= 11 is 0. The lowest BCUT2D eigenvalue weighted by Gasteiger charge is -2.48. The Labute approximate surface area is 188 Å². The fourth-order valence-corrected chi connectivity index (χ4v) is 4.02. The van der Waals surface area contributed by atoms with E-state index in [1.54, 1.807) is 0 Å². The summed E-state index contributed by atoms with van der Waals surface area (Å²) in [7, 11) is 0. The molecule has 0 radical (unpaired) electrons. The van der Waals surface area contributed by atoms with Gasteiger partial charge in [0.15, 0.2) is 18.9 Å². The number of nitrogens with two attached hydrogens (primary N) is 1. The predicted octanol–water partition coefficient (Wildman–Crippen LogP) is -6.58. The number of hydrogen-bond acceptors (Lipinski definition) is 15. The average Bonchev–Trinajstić information content (AvgIpc) is 2.79. The summed E-state index contributed by atoms with van der Waals surface area (Å²) < 4.78 is 27.1. The molecule has 3 aliphatic rings. The molecule has 0 unspecified atom stereocenters. The maximum Gasteiger partial charge on any atom is 0.187 e. The summed E-state index contributed by atoms with van der Waals surface area (Å²) in [4.78, 5) is 0. The Balaban J connectivity index is 1.83. The van der Waals surface area contributed by atoms with E-state index in [0.717, 1.165) is 0 Å². The summed E-state index contributed by atoms with van der Waals surface area (Å²) in [6.45, 7) is -0.0149. The number of aliphatic hydroxyl groups excluding tert-OH is 9. The van der Waals surface area contributed by atoms with Crippen molar-refractivity contribution in [3.63, 3.8) is 0 Å². The first kappa shape index (κ1) is 27.0. The largest absolute Gasteiger partial charge is 0.394 e. The Kier molecular flexibility index (Phi) is 8.99. The van der Waals surface area contributed by atoms with Crippen LogP contribution in [0, 0.1) is 0 Å². The van der Waals surface area contributed by atoms with Crippen molar-refractivity contribution < 1.29 is 69.6 Å². The SMILES string of the molecule is C[C@@H]1O[C@@H](O[C@H]2[C@H](O[C@@H]3[C@@H](N)[C@H](O)O[C@H](CO)[C@H]3O)O[C@H](CO)[C@H](O)[C@@H]2O)[C@@H](O)[C@H](O)[C@@H]1O. The molecule has 0 aromatic heterocycles. The minimum absolute atomic E-state index is 0.683. The van der Waals surface area contributed by atoms with Gasteiger partial charge in [-0.15, -0.1) is 0 Å². The second kappa shape index (κ2) is 11.0. The number of hydrogen-bond donors (Lipinski definition) is 10. The van der Waals surface area contributed by atoms with Crippen LogP contribution in [0.25, 0.3) is 0 Å². The fraction of sp³-hybridized carbons (Fsp3) is 1.00. The minimum Gasteiger partial charge on any atom is -0.394 e. The lowest BCUT2D eigenvalue weighted by molar-refractivity contribution is -0.379. The van der Waals surface area contributed by atoms with Crippen LogP contribution in [-0.2, 0) is 23.7 Å². The molecule has 15 heteroatoms. The molecular formula is C18H33NO14. The minimum atomic E-state index is -1.78. The van der Waals surface area contributed by atoms with Crippen LogP contribution < -0.4 is 5.73 Å². The third kappa shape index (κ3) is 5.32. The van der Waals surface area contributed by atoms with E-state index in [-0.39, 0.29) is 0 Å². The van der Waals surface area contributed by atoms with Gasteiger partial charge in [-0.2, -0.15) is 0 Å². The number of rotatable bonds is 6. The van der Waals surface area contributed by atoms with Crippen LogP contribution in [0.15, 0.2) is 0 Å². The zero-order valence-corrected chi connectivity index (χ0v) is 17.7. The lowest BCUT2D eigenvalue weighted by Crippen LogP contribution is -2.67. The van der Waals surface area contributed by atoms with E-state index in [1.165, 1.54) is 6.92 Å². The second-order valence-electron chi connectivity index (χ2n) is 8.41. The number of aliphatic hydroxyl groups is 9. The summed E-state index contributed by atoms with van der Waals surface area (Å²) in [5, 5.41) is 90.3. The van der Waals surface area contributed by atoms with Gasteiger partial charge < -0.3 is 75.4 Å². The molecule has 11 N–H and O–H groups in total. The maximum absolute atomic E-state index is 10.6. The highest BCUT2D eigenvalue weighted by atomic mass is 16.8. The van der Waals surface area contributed by atoms with Gasteiger partial charge in [0.25, 0.3) is 0 Å². The van der Waals surface area contributed by atoms with Crippen molar-refractivity contribution in [1.29, 1.82) is 0 Å². The van der Waals surface area contributed by atoms with Gasteiger partial charge in [0, 0.05) is 0 Å². The van der Waals surface area contributed by atoms with Crippen molar-refractivity contribution in [2.45, 2.75) is 99.0 Å². The third-order valence-corrected chi connectivity index (χ3v) is 6.14. The molecule has 15 nitrogen and oxygen atoms in total. The van der Waals surface area contributed by atoms with Gasteiger partial charge in [-0.3, -0.25) is 0 Å². The molecule has 3 saturated heterocycles. The first-order valence-electron chi connectivity index (χ1n) is 10.5. The normalized spacial score (nSPS) is 53.7. The van der Waals surface area contributed by atoms with Gasteiger partial charge in [0.2, 0.25) is 0 Å². The molecule has 15 atom stereocenters. The molecule has 0 bridgehead atoms. The van der Waals surface area contributed by atoms with E-state index in [4.69, 9.17) is 29.4 Å². The Morgan fingerprint density at radius 2 is 1.21 bits per heavy atom. The van der Waals surface area contributed by atoms with Crippen molar-refractivity contribution in [3.8, 4) is 0 Å². The Morgan fingerprint density at radius 3 is 1.82 bits per heavy atom. The van der Waals surface area contributed by atoms with Gasteiger partial charge in [-0.05, 0) is 6.92 Å². The Hall–Kier alpha value is -0.600. The summed E-state index contributed by atoms with van der Waals surface area (Å²) in [5.41, 5.74) is 5.85. The van der Waals surface area contributed by atoms with Crippen LogP contribution >= 0.6 is 0 Å². The van der Waals surface area contributed by atoms with Gasteiger partial charge in [0.05, 0.1) is 25.4 Å². The van der Waals surface area contributed by atoms with E-state index < -0.39 is 105 Å². The molecule has 0 aromatic rings. The van der Waals surface area contributed by atoms with E-state index in [0.29, 0.717) is 0 Å². The smallest absolute Gasteiger partial charge is 0.187 e. The highest BCUT2D eigenvalue weighted by molar-refractivity contribution is 4.96. The molecule has 0 aliphatic carbocycles. The molecule has 3 aliphatic heterocycles. The quantitative estimate of drug-likeness (QED) is 0.167. The van der Waals surface area contributed by atoms with Crippen LogP contribution in [-0.4, -0.2) is 151 Å². The predicted molar refractivity (Wildman–Crippen MR) is 102 cm³/mol. The second-order valence-corrected chi connectivity index (χ2v) is 8.41. The van der Waals surface area contributed by atoms with Gasteiger partial charge in [0.1, 0.15) is 61.0 Å². The van der Waals surface area contributed by atoms with Gasteiger partial charge >= 0.3 is 0 Å². The molecule has 3 fully saturated rings. The van der Waals surface area contributed by atoms with Crippen molar-refractivity contribution in [1.82, 2.24) is 0 Å². The molecular weight excluding hydrogens is 454 g/mol. The molecule has 0 saturated carbocycles. The van der Waals surface area contributed by atoms with Crippen molar-refractivity contribution in [2.24, 2.45) is 5.73 Å². The third-order valence-electron chi connectivity index (χ3n) is 6.14. The molecule has 194 valence electrons. The molecule has 3 heterocycles. The van der Waals surface area contributed by atoms with Crippen molar-refractivity contribution >= 4 is 0 Å². The average molecular weight is 487 g/mol. The van der Waals surface area contributed by atoms with Gasteiger partial charge in [-0.25, -0.2) is 0 Å². The molecule has 0 aromatic carbocycles. The van der Waals surface area contributed by atoms with E-state index in [2.05, 4.69) is 0 Å². The monoisotopic (exact) mass is 487 g/mol. The topological polar surface area (TPSA) is 254 Å². The van der Waals surface area contributed by atoms with Gasteiger partial charge in [-0.1, -0.05) is 0 Å². The highest BCUT2D eigenvalue weighted by Crippen LogP contribution is 2.32. The molecule has 0 spiro atoms. The van der Waals surface area contributed by atoms with Crippen molar-refractivity contribution in [2.75, 3.05) is 13.2 Å². The zero-order chi connectivity index (χ0) is 24.6. The first-order chi connectivity index (χ1) is 15.5. The Morgan fingerprint density at radius 1 is 0.636 bits per heavy atom. The standard InChI is InChI=1S/C18H33NO14/c1-4-8(22)11(25)13(27)17(29-4)33-15-12(26)9(23)5(2-20)31-18(15)32-14-7(19)16(28)30-6(3-21)10(14)24/h4-18,20-28H,2-3,19H2,1H3/t4-,5+,6+,7+,8+,9-,10+,11+,12-,13-,14+,15+,16+,17-,18-/m0/s1. The van der Waals surface area contributed by atoms with E-state index >= 15 is 0 Å². The highest BCUT2D eigenvalue weighted by Gasteiger charge is 2.53. The summed E-state index contributed by atoms with van der Waals surface area (Å²) in [6, 6.07) is -1.34. The van der Waals surface area contributed by atoms with Crippen LogP contribution in [0.3, 0.4) is 0 Å². The maximum atomic E-state index is 10.6. The van der Waals surface area contributed by atoms with E-state index in [9.17, 15) is 46.0 Å². The zero-order valence-electron chi connectivity index (χ0n) is 17.7. The Bertz CT molecular complexity index is 631. The lowest BCUT2D eigenvalue weighted by atomic mass is 9.95. The van der Waals surface area contributed by atoms with E-state index in [1.807, 2.05) is 0 Å². The van der Waals surface area contributed by atoms with Crippen LogP contribution in [0.2, 0.25) is 0 Å². The molecule has 33 heavy (non-hydrogen) atoms. The molecule has 3 rings (SSSR count). The van der Waals surface area contributed by atoms with Crippen LogP contribution in [0.1, 0.15) is 6.92 Å². The number of ether oxygens (including phenoxy) is 5.